The molecule has 6 heterocycles. The van der Waals surface area contributed by atoms with Gasteiger partial charge in [-0.15, -0.1) is 5.10 Å². The summed E-state index contributed by atoms with van der Waals surface area (Å²) < 4.78 is 21.6. The van der Waals surface area contributed by atoms with Gasteiger partial charge in [0, 0.05) is 25.1 Å². The van der Waals surface area contributed by atoms with E-state index in [4.69, 9.17) is 19.9 Å². The highest BCUT2D eigenvalue weighted by atomic mass is 16.6. The average molecular weight is 603 g/mol. The Morgan fingerprint density at radius 2 is 1.79 bits per heavy atom. The number of aromatic nitrogens is 9. The molecule has 2 saturated heterocycles. The molecule has 2 fully saturated rings. The largest absolute Gasteiger partial charge is 0.394 e. The molecule has 6 rings (SSSR count). The molecular formula is C24H30N10O9. The Labute approximate surface area is 241 Å². The summed E-state index contributed by atoms with van der Waals surface area (Å²) in [4.78, 5) is 38.4. The van der Waals surface area contributed by atoms with Gasteiger partial charge in [-0.25, -0.2) is 24.4 Å². The van der Waals surface area contributed by atoms with E-state index in [0.29, 0.717) is 29.7 Å². The molecule has 0 amide bonds. The van der Waals surface area contributed by atoms with E-state index >= 15 is 0 Å². The number of nitrogens with one attached hydrogen (secondary N) is 1. The molecule has 4 aromatic heterocycles. The molecular weight excluding hydrogens is 572 g/mol. The number of fused-ring (bicyclic) bond motifs is 1. The number of nitrogen functional groups attached to an aromatic ring is 1. The number of nitrogens with two attached hydrogens (primary N) is 1. The van der Waals surface area contributed by atoms with Crippen LogP contribution < -0.4 is 17.0 Å². The molecule has 43 heavy (non-hydrogen) atoms. The number of aromatic amines is 1. The first-order valence-corrected chi connectivity index (χ1v) is 13.5. The Kier molecular flexibility index (Phi) is 8.01. The Morgan fingerprint density at radius 3 is 2.56 bits per heavy atom. The minimum atomic E-state index is -1.23. The monoisotopic (exact) mass is 602 g/mol. The highest BCUT2D eigenvalue weighted by Gasteiger charge is 2.47. The zero-order valence-corrected chi connectivity index (χ0v) is 22.5. The van der Waals surface area contributed by atoms with Gasteiger partial charge in [0.05, 0.1) is 25.2 Å². The van der Waals surface area contributed by atoms with Gasteiger partial charge in [0.25, 0.3) is 5.56 Å². The smallest absolute Gasteiger partial charge is 0.330 e. The maximum Gasteiger partial charge on any atom is 0.330 e. The van der Waals surface area contributed by atoms with Crippen LogP contribution in [0, 0.1) is 0 Å². The normalized spacial score (nSPS) is 29.1. The number of rotatable bonds is 10. The average Bonchev–Trinajstić information content (AvgIpc) is 3.76. The van der Waals surface area contributed by atoms with Gasteiger partial charge in [-0.1, -0.05) is 5.21 Å². The summed E-state index contributed by atoms with van der Waals surface area (Å²) in [5.41, 5.74) is 5.84. The van der Waals surface area contributed by atoms with Crippen molar-refractivity contribution in [3.63, 3.8) is 0 Å². The van der Waals surface area contributed by atoms with Crippen molar-refractivity contribution in [2.24, 2.45) is 0 Å². The third-order valence-corrected chi connectivity index (χ3v) is 7.55. The molecule has 230 valence electrons. The number of imidazole rings is 1. The minimum Gasteiger partial charge on any atom is -0.394 e. The van der Waals surface area contributed by atoms with E-state index in [9.17, 15) is 30.0 Å². The number of aliphatic hydroxyl groups excluding tert-OH is 4. The van der Waals surface area contributed by atoms with Gasteiger partial charge in [-0.05, 0) is 12.8 Å². The number of aryl methyl sites for hydroxylation is 1. The zero-order chi connectivity index (χ0) is 30.2. The highest BCUT2D eigenvalue weighted by Crippen LogP contribution is 2.37. The molecule has 0 bridgehead atoms. The minimum absolute atomic E-state index is 0.174. The van der Waals surface area contributed by atoms with Crippen molar-refractivity contribution < 1.29 is 34.6 Å². The van der Waals surface area contributed by atoms with Crippen LogP contribution in [0.2, 0.25) is 0 Å². The summed E-state index contributed by atoms with van der Waals surface area (Å²) >= 11 is 0. The van der Waals surface area contributed by atoms with Crippen LogP contribution in [-0.2, 0) is 20.6 Å². The van der Waals surface area contributed by atoms with Crippen molar-refractivity contribution in [1.82, 2.24) is 44.1 Å². The van der Waals surface area contributed by atoms with Gasteiger partial charge in [-0.3, -0.25) is 18.9 Å². The van der Waals surface area contributed by atoms with Crippen molar-refractivity contribution in [3.8, 4) is 0 Å². The summed E-state index contributed by atoms with van der Waals surface area (Å²) in [5.74, 6) is 0.187. The predicted molar refractivity (Wildman–Crippen MR) is 142 cm³/mol. The van der Waals surface area contributed by atoms with Crippen molar-refractivity contribution >= 4 is 17.0 Å². The fourth-order valence-corrected chi connectivity index (χ4v) is 5.40. The second-order valence-electron chi connectivity index (χ2n) is 10.2. The molecule has 0 aromatic carbocycles. The standard InChI is InChI=1S/C24H30N10O9/c25-20-15-21(27-9-26-20)33(10-28-15)23-19(18(39)13(8-36)43-23)41-5-1-2-11-6-34(31-30-11)16-17(38)12(7-35)42-22(16)32-4-3-14(37)29-24(32)40/h3-4,6,9-10,12-13,16-19,22-23,35-36,38-39H,1-2,5,7-8H2,(H2,25,26,27)(H,29,37,40)/t12-,13-,16-,17-,18-,19-,22-,23-/m1/s1. The van der Waals surface area contributed by atoms with Gasteiger partial charge in [0.2, 0.25) is 0 Å². The first kappa shape index (κ1) is 29.0. The molecule has 19 nitrogen and oxygen atoms in total. The van der Waals surface area contributed by atoms with Crippen molar-refractivity contribution in [3.05, 3.63) is 57.6 Å². The van der Waals surface area contributed by atoms with E-state index < -0.39 is 73.5 Å². The molecule has 0 saturated carbocycles. The number of nitrogens with zero attached hydrogens (tertiary/aromatic N) is 8. The lowest BCUT2D eigenvalue weighted by Gasteiger charge is -2.22. The highest BCUT2D eigenvalue weighted by molar-refractivity contribution is 5.81. The summed E-state index contributed by atoms with van der Waals surface area (Å²) in [6, 6.07) is 0.216. The van der Waals surface area contributed by atoms with Crippen LogP contribution in [0.4, 0.5) is 5.82 Å². The summed E-state index contributed by atoms with van der Waals surface area (Å²) in [5, 5.41) is 49.2. The van der Waals surface area contributed by atoms with Crippen LogP contribution in [0.5, 0.6) is 0 Å². The van der Waals surface area contributed by atoms with E-state index in [0.717, 1.165) is 10.6 Å². The van der Waals surface area contributed by atoms with E-state index in [-0.39, 0.29) is 12.4 Å². The molecule has 19 heteroatoms. The van der Waals surface area contributed by atoms with E-state index in [2.05, 4.69) is 30.2 Å². The topological polar surface area (TPSA) is 264 Å². The SMILES string of the molecule is Nc1ncnc2c1ncn2[C@@H]1O[C@H](CO)[C@@H](O)[C@H]1OCCCc1cn([C@@H]2[C@H](O)[C@@H](CO)O[C@H]2n2ccc(=O)[nH]c2=O)nn1. The van der Waals surface area contributed by atoms with Crippen LogP contribution in [0.25, 0.3) is 11.2 Å². The molecule has 0 spiro atoms. The number of hydrogen-bond acceptors (Lipinski definition) is 15. The molecule has 2 aliphatic rings. The Morgan fingerprint density at radius 1 is 1.02 bits per heavy atom. The molecule has 0 unspecified atom stereocenters. The first-order valence-electron chi connectivity index (χ1n) is 13.5. The Balaban J connectivity index is 1.13. The lowest BCUT2D eigenvalue weighted by molar-refractivity contribution is -0.0708. The fraction of sp³-hybridized carbons (Fsp3) is 0.542. The fourth-order valence-electron chi connectivity index (χ4n) is 5.40. The summed E-state index contributed by atoms with van der Waals surface area (Å²) in [6.07, 6.45) is -0.623. The number of H-pyrrole nitrogens is 1. The van der Waals surface area contributed by atoms with Crippen LogP contribution in [0.15, 0.2) is 40.7 Å². The quantitative estimate of drug-likeness (QED) is 0.0967. The predicted octanol–water partition coefficient (Wildman–Crippen LogP) is -3.39. The van der Waals surface area contributed by atoms with Gasteiger partial charge >= 0.3 is 5.69 Å². The van der Waals surface area contributed by atoms with Crippen molar-refractivity contribution in [2.75, 3.05) is 25.6 Å². The molecule has 7 N–H and O–H groups in total. The second kappa shape index (κ2) is 11.9. The number of anilines is 1. The van der Waals surface area contributed by atoms with Gasteiger partial charge in [-0.2, -0.15) is 0 Å². The molecule has 0 aliphatic carbocycles. The van der Waals surface area contributed by atoms with Crippen molar-refractivity contribution in [1.29, 1.82) is 0 Å². The van der Waals surface area contributed by atoms with Crippen LogP contribution in [0.1, 0.15) is 30.6 Å². The van der Waals surface area contributed by atoms with Gasteiger partial charge in [0.15, 0.2) is 23.9 Å². The van der Waals surface area contributed by atoms with E-state index in [1.165, 1.54) is 23.5 Å². The van der Waals surface area contributed by atoms with Crippen molar-refractivity contribution in [2.45, 2.75) is 61.9 Å². The first-order chi connectivity index (χ1) is 20.8. The maximum absolute atomic E-state index is 12.4. The number of ether oxygens (including phenoxy) is 3. The maximum atomic E-state index is 12.4. The van der Waals surface area contributed by atoms with Gasteiger partial charge < -0.3 is 40.4 Å². The van der Waals surface area contributed by atoms with Gasteiger partial charge in [0.1, 0.15) is 48.4 Å². The molecule has 4 aromatic rings. The summed E-state index contributed by atoms with van der Waals surface area (Å²) in [7, 11) is 0. The van der Waals surface area contributed by atoms with E-state index in [1.807, 2.05) is 0 Å². The van der Waals surface area contributed by atoms with E-state index in [1.54, 1.807) is 10.8 Å². The lowest BCUT2D eigenvalue weighted by atomic mass is 10.1. The van der Waals surface area contributed by atoms with Crippen LogP contribution in [-0.4, -0.2) is 115 Å². The Bertz CT molecular complexity index is 1690. The third kappa shape index (κ3) is 5.31. The molecule has 8 atom stereocenters. The number of aliphatic hydroxyl groups is 4. The van der Waals surface area contributed by atoms with Crippen LogP contribution in [0.3, 0.4) is 0 Å². The number of hydrogen-bond donors (Lipinski definition) is 6. The van der Waals surface area contributed by atoms with Crippen LogP contribution >= 0.6 is 0 Å². The molecule has 2 aliphatic heterocycles. The second-order valence-corrected chi connectivity index (χ2v) is 10.2. The lowest BCUT2D eigenvalue weighted by Crippen LogP contribution is -2.36. The molecule has 0 radical (unpaired) electrons. The Hall–Kier alpha value is -4.11. The zero-order valence-electron chi connectivity index (χ0n) is 22.5. The summed E-state index contributed by atoms with van der Waals surface area (Å²) in [6.45, 7) is -0.757. The third-order valence-electron chi connectivity index (χ3n) is 7.55.